The van der Waals surface area contributed by atoms with Crippen molar-refractivity contribution in [1.82, 2.24) is 0 Å². The molecule has 0 aliphatic heterocycles. The van der Waals surface area contributed by atoms with E-state index >= 15 is 0 Å². The highest BCUT2D eigenvalue weighted by molar-refractivity contribution is 5.91. The standard InChI is InChI=1S/C14H22O2/c1-3-4-9-16-13-6-5-11-10-12(15)7-8-14(11,13)2/h10,13H,3-9H2,1-2H3. The molecule has 0 saturated heterocycles. The summed E-state index contributed by atoms with van der Waals surface area (Å²) in [7, 11) is 0. The zero-order chi connectivity index (χ0) is 11.6. The molecule has 1 saturated carbocycles. The molecule has 2 unspecified atom stereocenters. The van der Waals surface area contributed by atoms with E-state index in [1.807, 2.05) is 6.08 Å². The van der Waals surface area contributed by atoms with Crippen molar-refractivity contribution in [2.75, 3.05) is 6.61 Å². The highest BCUT2D eigenvalue weighted by Crippen LogP contribution is 2.49. The topological polar surface area (TPSA) is 26.3 Å². The molecular formula is C14H22O2. The van der Waals surface area contributed by atoms with Crippen molar-refractivity contribution in [1.29, 1.82) is 0 Å². The lowest BCUT2D eigenvalue weighted by Crippen LogP contribution is -2.33. The van der Waals surface area contributed by atoms with Gasteiger partial charge in [0.25, 0.3) is 0 Å². The maximum absolute atomic E-state index is 11.4. The first kappa shape index (κ1) is 11.8. The van der Waals surface area contributed by atoms with Gasteiger partial charge < -0.3 is 4.74 Å². The highest BCUT2D eigenvalue weighted by atomic mass is 16.5. The van der Waals surface area contributed by atoms with Gasteiger partial charge in [-0.05, 0) is 31.8 Å². The molecule has 0 spiro atoms. The summed E-state index contributed by atoms with van der Waals surface area (Å²) < 4.78 is 6.00. The average Bonchev–Trinajstić information content (AvgIpc) is 2.57. The third kappa shape index (κ3) is 2.08. The van der Waals surface area contributed by atoms with Crippen LogP contribution in [0.2, 0.25) is 0 Å². The summed E-state index contributed by atoms with van der Waals surface area (Å²) in [6.45, 7) is 5.33. The van der Waals surface area contributed by atoms with Crippen molar-refractivity contribution in [2.24, 2.45) is 5.41 Å². The number of fused-ring (bicyclic) bond motifs is 1. The Kier molecular flexibility index (Phi) is 3.48. The molecule has 2 heteroatoms. The number of ether oxygens (including phenoxy) is 1. The van der Waals surface area contributed by atoms with Gasteiger partial charge in [0.05, 0.1) is 6.10 Å². The first-order chi connectivity index (χ1) is 7.66. The van der Waals surface area contributed by atoms with Crippen LogP contribution >= 0.6 is 0 Å². The number of hydrogen-bond donors (Lipinski definition) is 0. The molecule has 1 fully saturated rings. The van der Waals surface area contributed by atoms with E-state index in [9.17, 15) is 4.79 Å². The SMILES string of the molecule is CCCCOC1CCC2=CC(=O)CCC21C. The molecule has 0 aromatic heterocycles. The third-order valence-corrected chi connectivity index (χ3v) is 4.16. The van der Waals surface area contributed by atoms with Gasteiger partial charge in [0.2, 0.25) is 0 Å². The number of carbonyl (C=O) groups excluding carboxylic acids is 1. The molecule has 2 aliphatic carbocycles. The van der Waals surface area contributed by atoms with E-state index in [0.29, 0.717) is 18.3 Å². The van der Waals surface area contributed by atoms with Crippen LogP contribution in [0.5, 0.6) is 0 Å². The summed E-state index contributed by atoms with van der Waals surface area (Å²) in [5, 5.41) is 0. The molecule has 2 nitrogen and oxygen atoms in total. The number of carbonyl (C=O) groups is 1. The lowest BCUT2D eigenvalue weighted by molar-refractivity contribution is -0.116. The van der Waals surface area contributed by atoms with Gasteiger partial charge in [-0.2, -0.15) is 0 Å². The van der Waals surface area contributed by atoms with Gasteiger partial charge in [0.15, 0.2) is 5.78 Å². The average molecular weight is 222 g/mol. The smallest absolute Gasteiger partial charge is 0.155 e. The second-order valence-electron chi connectivity index (χ2n) is 5.31. The summed E-state index contributed by atoms with van der Waals surface area (Å²) in [6, 6.07) is 0. The van der Waals surface area contributed by atoms with Crippen LogP contribution in [0.25, 0.3) is 0 Å². The maximum Gasteiger partial charge on any atom is 0.155 e. The van der Waals surface area contributed by atoms with Crippen LogP contribution in [0.1, 0.15) is 52.4 Å². The van der Waals surface area contributed by atoms with Gasteiger partial charge in [0, 0.05) is 18.4 Å². The largest absolute Gasteiger partial charge is 0.377 e. The minimum Gasteiger partial charge on any atom is -0.377 e. The Morgan fingerprint density at radius 1 is 1.50 bits per heavy atom. The van der Waals surface area contributed by atoms with Crippen molar-refractivity contribution in [2.45, 2.75) is 58.5 Å². The fourth-order valence-corrected chi connectivity index (χ4v) is 2.94. The number of ketones is 1. The van der Waals surface area contributed by atoms with Crippen LogP contribution in [0.3, 0.4) is 0 Å². The van der Waals surface area contributed by atoms with E-state index in [1.54, 1.807) is 0 Å². The highest BCUT2D eigenvalue weighted by Gasteiger charge is 2.45. The van der Waals surface area contributed by atoms with Crippen LogP contribution in [0.15, 0.2) is 11.6 Å². The van der Waals surface area contributed by atoms with E-state index in [0.717, 1.165) is 32.3 Å². The molecular weight excluding hydrogens is 200 g/mol. The predicted molar refractivity (Wildman–Crippen MR) is 64.3 cm³/mol. The fraction of sp³-hybridized carbons (Fsp3) is 0.786. The molecule has 0 radical (unpaired) electrons. The van der Waals surface area contributed by atoms with E-state index in [-0.39, 0.29) is 5.41 Å². The van der Waals surface area contributed by atoms with Crippen molar-refractivity contribution in [3.8, 4) is 0 Å². The second kappa shape index (κ2) is 4.70. The van der Waals surface area contributed by atoms with Gasteiger partial charge in [-0.25, -0.2) is 0 Å². The normalized spacial score (nSPS) is 33.8. The van der Waals surface area contributed by atoms with Gasteiger partial charge in [0.1, 0.15) is 0 Å². The molecule has 0 N–H and O–H groups in total. The molecule has 0 bridgehead atoms. The molecule has 0 amide bonds. The monoisotopic (exact) mass is 222 g/mol. The summed E-state index contributed by atoms with van der Waals surface area (Å²) in [5.74, 6) is 0.307. The second-order valence-corrected chi connectivity index (χ2v) is 5.31. The maximum atomic E-state index is 11.4. The first-order valence-corrected chi connectivity index (χ1v) is 6.52. The van der Waals surface area contributed by atoms with Crippen LogP contribution in [-0.4, -0.2) is 18.5 Å². The summed E-state index contributed by atoms with van der Waals surface area (Å²) in [4.78, 5) is 11.4. The molecule has 2 atom stereocenters. The van der Waals surface area contributed by atoms with Gasteiger partial charge in [-0.15, -0.1) is 0 Å². The lowest BCUT2D eigenvalue weighted by atomic mass is 9.74. The van der Waals surface area contributed by atoms with Crippen LogP contribution in [0, 0.1) is 5.41 Å². The predicted octanol–water partition coefficient (Wildman–Crippen LogP) is 3.26. The third-order valence-electron chi connectivity index (χ3n) is 4.16. The van der Waals surface area contributed by atoms with Crippen molar-refractivity contribution in [3.05, 3.63) is 11.6 Å². The van der Waals surface area contributed by atoms with Crippen molar-refractivity contribution >= 4 is 5.78 Å². The van der Waals surface area contributed by atoms with Crippen LogP contribution in [0.4, 0.5) is 0 Å². The quantitative estimate of drug-likeness (QED) is 0.682. The Balaban J connectivity index is 2.02. The Morgan fingerprint density at radius 3 is 3.06 bits per heavy atom. The van der Waals surface area contributed by atoms with Crippen molar-refractivity contribution in [3.63, 3.8) is 0 Å². The van der Waals surface area contributed by atoms with E-state index in [4.69, 9.17) is 4.74 Å². The summed E-state index contributed by atoms with van der Waals surface area (Å²) in [6.07, 6.45) is 8.39. The zero-order valence-electron chi connectivity index (χ0n) is 10.4. The molecule has 2 rings (SSSR count). The Morgan fingerprint density at radius 2 is 2.31 bits per heavy atom. The van der Waals surface area contributed by atoms with E-state index in [1.165, 1.54) is 12.0 Å². The Hall–Kier alpha value is -0.630. The number of unbranched alkanes of at least 4 members (excludes halogenated alkanes) is 1. The van der Waals surface area contributed by atoms with Crippen LogP contribution in [-0.2, 0) is 9.53 Å². The Bertz CT molecular complexity index is 306. The van der Waals surface area contributed by atoms with Gasteiger partial charge >= 0.3 is 0 Å². The molecule has 90 valence electrons. The molecule has 16 heavy (non-hydrogen) atoms. The summed E-state index contributed by atoms with van der Waals surface area (Å²) >= 11 is 0. The van der Waals surface area contributed by atoms with E-state index in [2.05, 4.69) is 13.8 Å². The Labute approximate surface area is 98.1 Å². The number of rotatable bonds is 4. The first-order valence-electron chi connectivity index (χ1n) is 6.52. The number of allylic oxidation sites excluding steroid dienone is 1. The lowest BCUT2D eigenvalue weighted by Gasteiger charge is -2.35. The minimum absolute atomic E-state index is 0.154. The molecule has 0 heterocycles. The fourth-order valence-electron chi connectivity index (χ4n) is 2.94. The number of hydrogen-bond acceptors (Lipinski definition) is 2. The summed E-state index contributed by atoms with van der Waals surface area (Å²) in [5.41, 5.74) is 1.49. The van der Waals surface area contributed by atoms with Crippen LogP contribution < -0.4 is 0 Å². The zero-order valence-corrected chi connectivity index (χ0v) is 10.4. The van der Waals surface area contributed by atoms with E-state index < -0.39 is 0 Å². The molecule has 0 aromatic carbocycles. The van der Waals surface area contributed by atoms with Gasteiger partial charge in [-0.1, -0.05) is 25.8 Å². The van der Waals surface area contributed by atoms with Crippen molar-refractivity contribution < 1.29 is 9.53 Å². The molecule has 0 aromatic rings. The molecule has 2 aliphatic rings. The van der Waals surface area contributed by atoms with Gasteiger partial charge in [-0.3, -0.25) is 4.79 Å². The minimum atomic E-state index is 0.154.